The van der Waals surface area contributed by atoms with Crippen molar-refractivity contribution in [2.24, 2.45) is 5.92 Å². The Balaban J connectivity index is 1.73. The van der Waals surface area contributed by atoms with Crippen LogP contribution in [0.25, 0.3) is 0 Å². The fourth-order valence-corrected chi connectivity index (χ4v) is 3.39. The van der Waals surface area contributed by atoms with Gasteiger partial charge in [-0.05, 0) is 77.5 Å². The van der Waals surface area contributed by atoms with Gasteiger partial charge in [0.25, 0.3) is 0 Å². The highest BCUT2D eigenvalue weighted by Crippen LogP contribution is 2.31. The molecule has 2 heteroatoms. The maximum Gasteiger partial charge on any atom is 0.0179 e. The molecule has 1 unspecified atom stereocenters. The van der Waals surface area contributed by atoms with Gasteiger partial charge in [0.1, 0.15) is 0 Å². The zero-order valence-electron chi connectivity index (χ0n) is 11.1. The van der Waals surface area contributed by atoms with Gasteiger partial charge in [-0.3, -0.25) is 0 Å². The summed E-state index contributed by atoms with van der Waals surface area (Å²) in [7, 11) is 2.25. The Morgan fingerprint density at radius 3 is 2.62 bits per heavy atom. The first kappa shape index (κ1) is 12.4. The van der Waals surface area contributed by atoms with E-state index >= 15 is 0 Å². The van der Waals surface area contributed by atoms with Gasteiger partial charge in [-0.25, -0.2) is 0 Å². The third-order valence-electron chi connectivity index (χ3n) is 4.88. The summed E-state index contributed by atoms with van der Waals surface area (Å²) in [6, 6.07) is 0. The van der Waals surface area contributed by atoms with Crippen molar-refractivity contribution in [1.29, 1.82) is 0 Å². The average molecular weight is 224 g/mol. The summed E-state index contributed by atoms with van der Waals surface area (Å²) in [6.07, 6.45) is 9.84. The zero-order chi connectivity index (χ0) is 11.4. The van der Waals surface area contributed by atoms with E-state index in [0.29, 0.717) is 5.54 Å². The Morgan fingerprint density at radius 1 is 1.31 bits per heavy atom. The minimum Gasteiger partial charge on any atom is -0.311 e. The van der Waals surface area contributed by atoms with Crippen LogP contribution in [0.1, 0.15) is 51.9 Å². The number of hydrogen-bond acceptors (Lipinski definition) is 2. The fourth-order valence-electron chi connectivity index (χ4n) is 3.39. The van der Waals surface area contributed by atoms with Gasteiger partial charge in [0.2, 0.25) is 0 Å². The monoisotopic (exact) mass is 224 g/mol. The molecule has 0 bridgehead atoms. The molecule has 2 fully saturated rings. The molecule has 0 radical (unpaired) electrons. The minimum atomic E-state index is 0.517. The van der Waals surface area contributed by atoms with E-state index in [0.717, 1.165) is 5.92 Å². The molecule has 1 atom stereocenters. The fraction of sp³-hybridized carbons (Fsp3) is 1.00. The predicted octanol–water partition coefficient (Wildman–Crippen LogP) is 2.64. The molecule has 0 spiro atoms. The number of nitrogens with zero attached hydrogens (tertiary/aromatic N) is 1. The molecule has 0 amide bonds. The van der Waals surface area contributed by atoms with Crippen molar-refractivity contribution in [3.63, 3.8) is 0 Å². The van der Waals surface area contributed by atoms with Gasteiger partial charge in [-0.1, -0.05) is 6.92 Å². The number of likely N-dealkylation sites (tertiary alicyclic amines) is 1. The molecule has 16 heavy (non-hydrogen) atoms. The molecule has 2 rings (SSSR count). The van der Waals surface area contributed by atoms with Crippen LogP contribution in [0.5, 0.6) is 0 Å². The molecule has 0 saturated carbocycles. The van der Waals surface area contributed by atoms with Crippen molar-refractivity contribution >= 4 is 0 Å². The SMILES string of the molecule is CCC1(CCC2CCN(C)CC2)CCCN1. The van der Waals surface area contributed by atoms with Gasteiger partial charge in [-0.2, -0.15) is 0 Å². The molecule has 0 aromatic rings. The summed E-state index contributed by atoms with van der Waals surface area (Å²) in [6.45, 7) is 6.24. The third-order valence-corrected chi connectivity index (χ3v) is 4.88. The number of nitrogens with one attached hydrogen (secondary N) is 1. The number of hydrogen-bond donors (Lipinski definition) is 1. The second-order valence-corrected chi connectivity index (χ2v) is 5.95. The Hall–Kier alpha value is -0.0800. The lowest BCUT2D eigenvalue weighted by Gasteiger charge is -2.33. The van der Waals surface area contributed by atoms with Crippen molar-refractivity contribution in [3.05, 3.63) is 0 Å². The highest BCUT2D eigenvalue weighted by Gasteiger charge is 2.32. The lowest BCUT2D eigenvalue weighted by molar-refractivity contribution is 0.194. The van der Waals surface area contributed by atoms with Crippen LogP contribution in [-0.2, 0) is 0 Å². The summed E-state index contributed by atoms with van der Waals surface area (Å²) in [5.41, 5.74) is 0.517. The molecule has 1 N–H and O–H groups in total. The first-order valence-corrected chi connectivity index (χ1v) is 7.18. The second kappa shape index (κ2) is 5.50. The van der Waals surface area contributed by atoms with E-state index in [-0.39, 0.29) is 0 Å². The molecule has 94 valence electrons. The minimum absolute atomic E-state index is 0.517. The van der Waals surface area contributed by atoms with Crippen LogP contribution in [0.2, 0.25) is 0 Å². The van der Waals surface area contributed by atoms with Crippen molar-refractivity contribution in [3.8, 4) is 0 Å². The molecule has 2 saturated heterocycles. The normalized spacial score (nSPS) is 33.4. The van der Waals surface area contributed by atoms with Crippen LogP contribution < -0.4 is 5.32 Å². The van der Waals surface area contributed by atoms with Crippen LogP contribution in [0.15, 0.2) is 0 Å². The highest BCUT2D eigenvalue weighted by molar-refractivity contribution is 4.92. The Kier molecular flexibility index (Phi) is 4.26. The van der Waals surface area contributed by atoms with E-state index in [4.69, 9.17) is 0 Å². The molecule has 2 aliphatic heterocycles. The highest BCUT2D eigenvalue weighted by atomic mass is 15.1. The molecular formula is C14H28N2. The Bertz CT molecular complexity index is 201. The summed E-state index contributed by atoms with van der Waals surface area (Å²) in [5.74, 6) is 1.00. The molecule has 0 aromatic heterocycles. The predicted molar refractivity (Wildman–Crippen MR) is 69.7 cm³/mol. The van der Waals surface area contributed by atoms with E-state index in [9.17, 15) is 0 Å². The molecule has 2 nitrogen and oxygen atoms in total. The van der Waals surface area contributed by atoms with Crippen LogP contribution in [0.4, 0.5) is 0 Å². The van der Waals surface area contributed by atoms with Gasteiger partial charge in [0, 0.05) is 5.54 Å². The zero-order valence-corrected chi connectivity index (χ0v) is 11.1. The number of piperidine rings is 1. The Labute approximate surface area is 101 Å². The van der Waals surface area contributed by atoms with Crippen molar-refractivity contribution in [2.45, 2.75) is 57.4 Å². The lowest BCUT2D eigenvalue weighted by Crippen LogP contribution is -2.40. The van der Waals surface area contributed by atoms with E-state index < -0.39 is 0 Å². The smallest absolute Gasteiger partial charge is 0.0179 e. The summed E-state index contributed by atoms with van der Waals surface area (Å²) in [5, 5.41) is 3.76. The molecule has 2 heterocycles. The average Bonchev–Trinajstić information content (AvgIpc) is 2.78. The standard InChI is InChI=1S/C14H28N2/c1-3-14(8-4-10-15-14)9-5-13-6-11-16(2)12-7-13/h13,15H,3-12H2,1-2H3. The summed E-state index contributed by atoms with van der Waals surface area (Å²) >= 11 is 0. The maximum atomic E-state index is 3.76. The second-order valence-electron chi connectivity index (χ2n) is 5.95. The molecule has 0 aliphatic carbocycles. The quantitative estimate of drug-likeness (QED) is 0.790. The van der Waals surface area contributed by atoms with Gasteiger partial charge in [0.15, 0.2) is 0 Å². The van der Waals surface area contributed by atoms with E-state index in [1.54, 1.807) is 0 Å². The van der Waals surface area contributed by atoms with E-state index in [1.165, 1.54) is 64.6 Å². The van der Waals surface area contributed by atoms with Crippen LogP contribution in [0, 0.1) is 5.92 Å². The van der Waals surface area contributed by atoms with Crippen molar-refractivity contribution < 1.29 is 0 Å². The third kappa shape index (κ3) is 2.98. The van der Waals surface area contributed by atoms with Gasteiger partial charge >= 0.3 is 0 Å². The Morgan fingerprint density at radius 2 is 2.06 bits per heavy atom. The molecular weight excluding hydrogens is 196 g/mol. The largest absolute Gasteiger partial charge is 0.311 e. The van der Waals surface area contributed by atoms with Gasteiger partial charge in [0.05, 0.1) is 0 Å². The van der Waals surface area contributed by atoms with Crippen molar-refractivity contribution in [1.82, 2.24) is 10.2 Å². The van der Waals surface area contributed by atoms with E-state index in [1.807, 2.05) is 0 Å². The summed E-state index contributed by atoms with van der Waals surface area (Å²) < 4.78 is 0. The first-order chi connectivity index (χ1) is 7.74. The topological polar surface area (TPSA) is 15.3 Å². The van der Waals surface area contributed by atoms with Gasteiger partial charge < -0.3 is 10.2 Å². The first-order valence-electron chi connectivity index (χ1n) is 7.18. The number of rotatable bonds is 4. The van der Waals surface area contributed by atoms with Crippen LogP contribution in [0.3, 0.4) is 0 Å². The summed E-state index contributed by atoms with van der Waals surface area (Å²) in [4.78, 5) is 2.47. The lowest BCUT2D eigenvalue weighted by atomic mass is 9.83. The van der Waals surface area contributed by atoms with Gasteiger partial charge in [-0.15, -0.1) is 0 Å². The molecule has 0 aromatic carbocycles. The van der Waals surface area contributed by atoms with E-state index in [2.05, 4.69) is 24.2 Å². The van der Waals surface area contributed by atoms with Crippen LogP contribution >= 0.6 is 0 Å². The van der Waals surface area contributed by atoms with Crippen molar-refractivity contribution in [2.75, 3.05) is 26.7 Å². The molecule has 2 aliphatic rings. The maximum absolute atomic E-state index is 3.76. The van der Waals surface area contributed by atoms with Crippen LogP contribution in [-0.4, -0.2) is 37.1 Å².